The van der Waals surface area contributed by atoms with Gasteiger partial charge in [-0.1, -0.05) is 42.5 Å². The lowest BCUT2D eigenvalue weighted by Gasteiger charge is -2.14. The summed E-state index contributed by atoms with van der Waals surface area (Å²) in [6.45, 7) is 1.98. The van der Waals surface area contributed by atoms with Gasteiger partial charge in [0.1, 0.15) is 6.04 Å². The summed E-state index contributed by atoms with van der Waals surface area (Å²) in [5.74, 6) is -0.468. The van der Waals surface area contributed by atoms with Gasteiger partial charge in [-0.2, -0.15) is 13.2 Å². The normalized spacial score (nSPS) is 12.7. The van der Waals surface area contributed by atoms with Gasteiger partial charge in [0.15, 0.2) is 6.54 Å². The predicted molar refractivity (Wildman–Crippen MR) is 81.7 cm³/mol. The lowest BCUT2D eigenvalue weighted by atomic mass is 10.1. The molecule has 0 spiro atoms. The molecule has 1 atom stereocenters. The van der Waals surface area contributed by atoms with Crippen molar-refractivity contribution < 1.29 is 23.3 Å². The summed E-state index contributed by atoms with van der Waals surface area (Å²) in [5, 5.41) is 4.11. The van der Waals surface area contributed by atoms with Crippen LogP contribution in [0.5, 0.6) is 0 Å². The molecule has 0 aliphatic carbocycles. The number of halogens is 3. The first-order valence-corrected chi connectivity index (χ1v) is 7.22. The standard InChI is InChI=1S/C17H17F3N2O/c1-12(13-7-3-2-4-8-13)21-11-16(23)22-15-10-6-5-9-14(15)17(18,19)20/h2-10,12,21H,11H2,1H3,(H,22,23)/p+1/t12-/m0/s1. The van der Waals surface area contributed by atoms with E-state index in [0.29, 0.717) is 0 Å². The Kier molecular flexibility index (Phi) is 5.39. The van der Waals surface area contributed by atoms with Gasteiger partial charge in [-0.15, -0.1) is 0 Å². The van der Waals surface area contributed by atoms with Crippen LogP contribution in [0.3, 0.4) is 0 Å². The zero-order valence-corrected chi connectivity index (χ0v) is 12.6. The quantitative estimate of drug-likeness (QED) is 0.873. The SMILES string of the molecule is C[C@H]([NH2+]CC(=O)Nc1ccccc1C(F)(F)F)c1ccccc1. The highest BCUT2D eigenvalue weighted by Crippen LogP contribution is 2.34. The highest BCUT2D eigenvalue weighted by atomic mass is 19.4. The monoisotopic (exact) mass is 323 g/mol. The van der Waals surface area contributed by atoms with Crippen LogP contribution in [0.4, 0.5) is 18.9 Å². The van der Waals surface area contributed by atoms with Gasteiger partial charge < -0.3 is 10.6 Å². The van der Waals surface area contributed by atoms with E-state index >= 15 is 0 Å². The molecular weight excluding hydrogens is 305 g/mol. The second kappa shape index (κ2) is 7.28. The van der Waals surface area contributed by atoms with E-state index < -0.39 is 17.6 Å². The highest BCUT2D eigenvalue weighted by Gasteiger charge is 2.33. The smallest absolute Gasteiger partial charge is 0.333 e. The molecule has 2 aromatic rings. The molecule has 0 aliphatic rings. The lowest BCUT2D eigenvalue weighted by Crippen LogP contribution is -2.86. The van der Waals surface area contributed by atoms with E-state index in [2.05, 4.69) is 5.32 Å². The molecule has 122 valence electrons. The molecule has 23 heavy (non-hydrogen) atoms. The van der Waals surface area contributed by atoms with Gasteiger partial charge in [-0.25, -0.2) is 0 Å². The summed E-state index contributed by atoms with van der Waals surface area (Å²) in [7, 11) is 0. The van der Waals surface area contributed by atoms with E-state index in [0.717, 1.165) is 11.6 Å². The number of nitrogens with one attached hydrogen (secondary N) is 1. The minimum absolute atomic E-state index is 0.0415. The minimum Gasteiger partial charge on any atom is -0.333 e. The average molecular weight is 323 g/mol. The molecule has 1 amide bonds. The molecule has 0 saturated carbocycles. The Hall–Kier alpha value is -2.34. The minimum atomic E-state index is -4.50. The highest BCUT2D eigenvalue weighted by molar-refractivity contribution is 5.92. The van der Waals surface area contributed by atoms with Crippen LogP contribution in [-0.4, -0.2) is 12.5 Å². The molecule has 2 rings (SSSR count). The first-order chi connectivity index (χ1) is 10.9. The van der Waals surface area contributed by atoms with Crippen LogP contribution >= 0.6 is 0 Å². The topological polar surface area (TPSA) is 45.7 Å². The second-order valence-electron chi connectivity index (χ2n) is 5.23. The third kappa shape index (κ3) is 4.82. The summed E-state index contributed by atoms with van der Waals surface area (Å²) in [6.07, 6.45) is -4.50. The molecule has 0 fully saturated rings. The lowest BCUT2D eigenvalue weighted by molar-refractivity contribution is -0.682. The summed E-state index contributed by atoms with van der Waals surface area (Å²) in [4.78, 5) is 11.9. The van der Waals surface area contributed by atoms with Crippen molar-refractivity contribution in [3.63, 3.8) is 0 Å². The molecule has 3 N–H and O–H groups in total. The molecule has 0 radical (unpaired) electrons. The maximum Gasteiger partial charge on any atom is 0.418 e. The third-order valence-electron chi connectivity index (χ3n) is 3.49. The molecule has 3 nitrogen and oxygen atoms in total. The van der Waals surface area contributed by atoms with Crippen molar-refractivity contribution in [2.75, 3.05) is 11.9 Å². The largest absolute Gasteiger partial charge is 0.418 e. The maximum atomic E-state index is 12.9. The van der Waals surface area contributed by atoms with Crippen LogP contribution in [0.1, 0.15) is 24.1 Å². The first kappa shape index (κ1) is 17.0. The number of nitrogens with two attached hydrogens (primary N) is 1. The van der Waals surface area contributed by atoms with Crippen LogP contribution in [0, 0.1) is 0 Å². The van der Waals surface area contributed by atoms with Gasteiger partial charge in [-0.05, 0) is 19.1 Å². The Balaban J connectivity index is 1.96. The molecule has 2 aromatic carbocycles. The summed E-state index contributed by atoms with van der Waals surface area (Å²) in [6, 6.07) is 14.6. The van der Waals surface area contributed by atoms with E-state index in [-0.39, 0.29) is 18.3 Å². The number of amides is 1. The summed E-state index contributed by atoms with van der Waals surface area (Å²) >= 11 is 0. The number of rotatable bonds is 5. The Morgan fingerprint density at radius 1 is 1.09 bits per heavy atom. The van der Waals surface area contributed by atoms with E-state index in [1.165, 1.54) is 18.2 Å². The molecule has 0 aliphatic heterocycles. The first-order valence-electron chi connectivity index (χ1n) is 7.22. The Morgan fingerprint density at radius 3 is 2.35 bits per heavy atom. The van der Waals surface area contributed by atoms with Gasteiger partial charge in [0.05, 0.1) is 11.3 Å². The number of hydrogen-bond acceptors (Lipinski definition) is 1. The fourth-order valence-electron chi connectivity index (χ4n) is 2.22. The van der Waals surface area contributed by atoms with E-state index in [1.807, 2.05) is 37.3 Å². The van der Waals surface area contributed by atoms with E-state index in [1.54, 1.807) is 5.32 Å². The van der Waals surface area contributed by atoms with Crippen LogP contribution < -0.4 is 10.6 Å². The van der Waals surface area contributed by atoms with E-state index in [9.17, 15) is 18.0 Å². The zero-order valence-electron chi connectivity index (χ0n) is 12.6. The van der Waals surface area contributed by atoms with Crippen LogP contribution in [0.15, 0.2) is 54.6 Å². The number of alkyl halides is 3. The third-order valence-corrected chi connectivity index (χ3v) is 3.49. The predicted octanol–water partition coefficient (Wildman–Crippen LogP) is 2.97. The van der Waals surface area contributed by atoms with Crippen molar-refractivity contribution in [3.8, 4) is 0 Å². The van der Waals surface area contributed by atoms with Crippen LogP contribution in [-0.2, 0) is 11.0 Å². The maximum absolute atomic E-state index is 12.9. The van der Waals surface area contributed by atoms with Crippen molar-refractivity contribution in [1.29, 1.82) is 0 Å². The van der Waals surface area contributed by atoms with Crippen LogP contribution in [0.25, 0.3) is 0 Å². The van der Waals surface area contributed by atoms with Gasteiger partial charge in [0.2, 0.25) is 0 Å². The Bertz CT molecular complexity index is 656. The molecule has 6 heteroatoms. The summed E-state index contributed by atoms with van der Waals surface area (Å²) in [5.41, 5.74) is -0.00814. The Labute approximate surface area is 132 Å². The van der Waals surface area contributed by atoms with Crippen molar-refractivity contribution in [2.24, 2.45) is 0 Å². The van der Waals surface area contributed by atoms with Crippen LogP contribution in [0.2, 0.25) is 0 Å². The van der Waals surface area contributed by atoms with Crippen molar-refractivity contribution in [1.82, 2.24) is 0 Å². The molecule has 0 saturated heterocycles. The zero-order chi connectivity index (χ0) is 16.9. The molecule has 0 aromatic heterocycles. The number of para-hydroxylation sites is 1. The number of anilines is 1. The van der Waals surface area contributed by atoms with Crippen molar-refractivity contribution in [3.05, 3.63) is 65.7 Å². The summed E-state index contributed by atoms with van der Waals surface area (Å²) < 4.78 is 38.6. The van der Waals surface area contributed by atoms with Gasteiger partial charge >= 0.3 is 6.18 Å². The number of carbonyl (C=O) groups excluding carboxylic acids is 1. The number of hydrogen-bond donors (Lipinski definition) is 2. The average Bonchev–Trinajstić information content (AvgIpc) is 2.53. The number of carbonyl (C=O) groups is 1. The van der Waals surface area contributed by atoms with E-state index in [4.69, 9.17) is 0 Å². The fraction of sp³-hybridized carbons (Fsp3) is 0.235. The van der Waals surface area contributed by atoms with Crippen molar-refractivity contribution >= 4 is 11.6 Å². The second-order valence-corrected chi connectivity index (χ2v) is 5.23. The Morgan fingerprint density at radius 2 is 1.70 bits per heavy atom. The number of benzene rings is 2. The molecule has 0 unspecified atom stereocenters. The molecule has 0 heterocycles. The number of quaternary nitrogens is 1. The van der Waals surface area contributed by atoms with Gasteiger partial charge in [0.25, 0.3) is 5.91 Å². The van der Waals surface area contributed by atoms with Gasteiger partial charge in [0, 0.05) is 5.56 Å². The fourth-order valence-corrected chi connectivity index (χ4v) is 2.22. The van der Waals surface area contributed by atoms with Crippen molar-refractivity contribution in [2.45, 2.75) is 19.1 Å². The molecule has 0 bridgehead atoms. The van der Waals surface area contributed by atoms with Gasteiger partial charge in [-0.3, -0.25) is 4.79 Å². The molecular formula is C17H18F3N2O+.